The van der Waals surface area contributed by atoms with Crippen molar-refractivity contribution in [1.29, 1.82) is 0 Å². The Kier molecular flexibility index (Phi) is 10.0. The lowest BCUT2D eigenvalue weighted by Crippen LogP contribution is -2.38. The Bertz CT molecular complexity index is 686. The fourth-order valence-corrected chi connectivity index (χ4v) is 3.18. The molecule has 0 bridgehead atoms. The molecule has 0 spiro atoms. The van der Waals surface area contributed by atoms with Gasteiger partial charge in [0, 0.05) is 24.4 Å². The van der Waals surface area contributed by atoms with Gasteiger partial charge in [0.25, 0.3) is 0 Å². The van der Waals surface area contributed by atoms with E-state index >= 15 is 0 Å². The highest BCUT2D eigenvalue weighted by atomic mass is 127. The number of aromatic nitrogens is 1. The summed E-state index contributed by atoms with van der Waals surface area (Å²) in [6.07, 6.45) is 0.0601. The molecule has 0 amide bonds. The highest BCUT2D eigenvalue weighted by Crippen LogP contribution is 2.16. The summed E-state index contributed by atoms with van der Waals surface area (Å²) in [6.45, 7) is 7.73. The van der Waals surface area contributed by atoms with E-state index in [9.17, 15) is 9.50 Å². The lowest BCUT2D eigenvalue weighted by Gasteiger charge is -2.13. The maximum Gasteiger partial charge on any atom is 0.191 e. The van der Waals surface area contributed by atoms with Gasteiger partial charge in [0.05, 0.1) is 23.4 Å². The van der Waals surface area contributed by atoms with Gasteiger partial charge in [-0.3, -0.25) is 4.99 Å². The second kappa shape index (κ2) is 11.5. The summed E-state index contributed by atoms with van der Waals surface area (Å²) >= 11 is 1.71. The first kappa shape index (κ1) is 22.8. The van der Waals surface area contributed by atoms with Crippen molar-refractivity contribution in [2.75, 3.05) is 19.6 Å². The molecule has 0 radical (unpaired) electrons. The van der Waals surface area contributed by atoms with E-state index in [4.69, 9.17) is 0 Å². The third kappa shape index (κ3) is 7.16. The normalized spacial score (nSPS) is 12.4. The van der Waals surface area contributed by atoms with Crippen LogP contribution in [0.15, 0.2) is 29.3 Å². The molecule has 2 rings (SSSR count). The number of benzene rings is 1. The fourth-order valence-electron chi connectivity index (χ4n) is 2.24. The summed E-state index contributed by atoms with van der Waals surface area (Å²) in [5.41, 5.74) is 1.73. The third-order valence-electron chi connectivity index (χ3n) is 3.73. The number of halogens is 2. The highest BCUT2D eigenvalue weighted by Gasteiger charge is 2.08. The van der Waals surface area contributed by atoms with Crippen LogP contribution in [0.2, 0.25) is 0 Å². The maximum absolute atomic E-state index is 12.9. The van der Waals surface area contributed by atoms with E-state index in [1.807, 2.05) is 13.8 Å². The number of aliphatic imine (C=N–C) groups is 1. The van der Waals surface area contributed by atoms with Crippen molar-refractivity contribution in [3.05, 3.63) is 51.2 Å². The number of nitrogens with zero attached hydrogens (tertiary/aromatic N) is 2. The number of hydrogen-bond acceptors (Lipinski definition) is 4. The van der Waals surface area contributed by atoms with E-state index in [1.165, 1.54) is 17.0 Å². The van der Waals surface area contributed by atoms with Crippen molar-refractivity contribution in [3.8, 4) is 0 Å². The molecule has 0 saturated heterocycles. The number of rotatable bonds is 7. The molecule has 1 atom stereocenters. The molecule has 26 heavy (non-hydrogen) atoms. The van der Waals surface area contributed by atoms with Crippen LogP contribution in [0, 0.1) is 19.7 Å². The van der Waals surface area contributed by atoms with Gasteiger partial charge in [-0.05, 0) is 38.5 Å². The molecular formula is C18H26FIN4OS. The Morgan fingerprint density at radius 1 is 1.27 bits per heavy atom. The topological polar surface area (TPSA) is 69.5 Å². The molecule has 1 heterocycles. The van der Waals surface area contributed by atoms with Crippen LogP contribution < -0.4 is 10.6 Å². The lowest BCUT2D eigenvalue weighted by molar-refractivity contribution is 0.187. The molecular weight excluding hydrogens is 466 g/mol. The summed E-state index contributed by atoms with van der Waals surface area (Å²) < 4.78 is 12.9. The summed E-state index contributed by atoms with van der Waals surface area (Å²) in [7, 11) is 0. The molecule has 5 nitrogen and oxygen atoms in total. The number of guanidine groups is 1. The van der Waals surface area contributed by atoms with Gasteiger partial charge in [-0.2, -0.15) is 0 Å². The Morgan fingerprint density at radius 3 is 2.54 bits per heavy atom. The van der Waals surface area contributed by atoms with Crippen LogP contribution in [-0.2, 0) is 6.42 Å². The minimum atomic E-state index is -0.764. The minimum Gasteiger partial charge on any atom is -0.386 e. The Hall–Kier alpha value is -1.26. The van der Waals surface area contributed by atoms with Crippen LogP contribution in [0.4, 0.5) is 4.39 Å². The predicted octanol–water partition coefficient (Wildman–Crippen LogP) is 3.35. The first-order valence-corrected chi connectivity index (χ1v) is 9.20. The van der Waals surface area contributed by atoms with E-state index in [2.05, 4.69) is 27.5 Å². The molecule has 0 aliphatic heterocycles. The largest absolute Gasteiger partial charge is 0.386 e. The second-order valence-corrected chi connectivity index (χ2v) is 7.00. The first-order valence-electron chi connectivity index (χ1n) is 8.38. The van der Waals surface area contributed by atoms with Crippen LogP contribution in [0.3, 0.4) is 0 Å². The summed E-state index contributed by atoms with van der Waals surface area (Å²) in [5.74, 6) is 0.329. The summed E-state index contributed by atoms with van der Waals surface area (Å²) in [5, 5.41) is 17.7. The van der Waals surface area contributed by atoms with Crippen molar-refractivity contribution >= 4 is 41.3 Å². The third-order valence-corrected chi connectivity index (χ3v) is 4.86. The van der Waals surface area contributed by atoms with Crippen molar-refractivity contribution in [2.45, 2.75) is 33.3 Å². The molecule has 1 aromatic heterocycles. The lowest BCUT2D eigenvalue weighted by atomic mass is 10.1. The first-order chi connectivity index (χ1) is 12.0. The van der Waals surface area contributed by atoms with Crippen molar-refractivity contribution in [2.24, 2.45) is 4.99 Å². The minimum absolute atomic E-state index is 0. The SMILES string of the molecule is CCNC(=NCC(O)c1ccc(F)cc1)NCCc1nc(C)c(C)s1.I. The van der Waals surface area contributed by atoms with Gasteiger partial charge >= 0.3 is 0 Å². The molecule has 0 aliphatic rings. The smallest absolute Gasteiger partial charge is 0.191 e. The van der Waals surface area contributed by atoms with Gasteiger partial charge in [0.1, 0.15) is 5.82 Å². The number of aliphatic hydroxyl groups is 1. The van der Waals surface area contributed by atoms with Gasteiger partial charge < -0.3 is 15.7 Å². The Morgan fingerprint density at radius 2 is 1.96 bits per heavy atom. The quantitative estimate of drug-likeness (QED) is 0.315. The zero-order chi connectivity index (χ0) is 18.2. The van der Waals surface area contributed by atoms with Crippen LogP contribution in [-0.4, -0.2) is 35.7 Å². The van der Waals surface area contributed by atoms with Crippen LogP contribution in [0.1, 0.15) is 34.2 Å². The molecule has 0 fully saturated rings. The van der Waals surface area contributed by atoms with Gasteiger partial charge in [-0.25, -0.2) is 9.37 Å². The van der Waals surface area contributed by atoms with Crippen molar-refractivity contribution in [1.82, 2.24) is 15.6 Å². The molecule has 8 heteroatoms. The summed E-state index contributed by atoms with van der Waals surface area (Å²) in [6, 6.07) is 5.82. The average Bonchev–Trinajstić information content (AvgIpc) is 2.91. The van der Waals surface area contributed by atoms with E-state index in [-0.39, 0.29) is 36.3 Å². The molecule has 1 aromatic carbocycles. The van der Waals surface area contributed by atoms with Crippen LogP contribution in [0.5, 0.6) is 0 Å². The van der Waals surface area contributed by atoms with E-state index in [0.29, 0.717) is 18.1 Å². The molecule has 0 saturated carbocycles. The van der Waals surface area contributed by atoms with Crippen LogP contribution in [0.25, 0.3) is 0 Å². The molecule has 144 valence electrons. The Labute approximate surface area is 175 Å². The van der Waals surface area contributed by atoms with Crippen LogP contribution >= 0.6 is 35.3 Å². The molecule has 1 unspecified atom stereocenters. The maximum atomic E-state index is 12.9. The van der Waals surface area contributed by atoms with E-state index < -0.39 is 6.10 Å². The second-order valence-electron chi connectivity index (χ2n) is 5.71. The number of thiazole rings is 1. The van der Waals surface area contributed by atoms with Crippen molar-refractivity contribution < 1.29 is 9.50 Å². The molecule has 0 aliphatic carbocycles. The fraction of sp³-hybridized carbons (Fsp3) is 0.444. The van der Waals surface area contributed by atoms with Gasteiger partial charge in [-0.1, -0.05) is 12.1 Å². The highest BCUT2D eigenvalue weighted by molar-refractivity contribution is 14.0. The Balaban J connectivity index is 0.00000338. The summed E-state index contributed by atoms with van der Waals surface area (Å²) in [4.78, 5) is 10.2. The zero-order valence-corrected chi connectivity index (χ0v) is 18.4. The van der Waals surface area contributed by atoms with Gasteiger partial charge in [-0.15, -0.1) is 35.3 Å². The number of hydrogen-bond donors (Lipinski definition) is 3. The monoisotopic (exact) mass is 492 g/mol. The van der Waals surface area contributed by atoms with E-state index in [0.717, 1.165) is 23.7 Å². The van der Waals surface area contributed by atoms with Crippen molar-refractivity contribution in [3.63, 3.8) is 0 Å². The number of aliphatic hydroxyl groups excluding tert-OH is 1. The number of aryl methyl sites for hydroxylation is 2. The van der Waals surface area contributed by atoms with Gasteiger partial charge in [0.15, 0.2) is 5.96 Å². The predicted molar refractivity (Wildman–Crippen MR) is 116 cm³/mol. The zero-order valence-electron chi connectivity index (χ0n) is 15.3. The molecule has 3 N–H and O–H groups in total. The standard InChI is InChI=1S/C18H25FN4OS.HI/c1-4-20-18(21-10-9-17-23-12(2)13(3)25-17)22-11-16(24)14-5-7-15(19)8-6-14;/h5-8,16,24H,4,9-11H2,1-3H3,(H2,20,21,22);1H. The van der Waals surface area contributed by atoms with Gasteiger partial charge in [0.2, 0.25) is 0 Å². The molecule has 2 aromatic rings. The average molecular weight is 492 g/mol. The van der Waals surface area contributed by atoms with E-state index in [1.54, 1.807) is 23.5 Å². The number of nitrogens with one attached hydrogen (secondary N) is 2.